The van der Waals surface area contributed by atoms with Gasteiger partial charge < -0.3 is 21.1 Å². The summed E-state index contributed by atoms with van der Waals surface area (Å²) in [6.07, 6.45) is 0.533. The number of esters is 2. The molecule has 6 nitrogen and oxygen atoms in total. The summed E-state index contributed by atoms with van der Waals surface area (Å²) < 4.78 is 9.77. The molecule has 0 aromatic rings. The number of ether oxygens (including phenoxy) is 2. The van der Waals surface area contributed by atoms with Crippen LogP contribution in [0, 0.1) is 0 Å². The molecule has 2 N–H and O–H groups in total. The van der Waals surface area contributed by atoms with Gasteiger partial charge in [-0.2, -0.15) is 0 Å². The molecule has 0 spiro atoms. The minimum Gasteiger partial charge on any atom is -1.00 e. The molecule has 0 saturated carbocycles. The standard InChI is InChI=1S/C11H20O6.Na.H/c1-9(17-11(15)5-3-7-13)8-16-10(14)4-2-6-12;;/h9,12-13H,2-8H2,1H3;;/q;+1;-1. The van der Waals surface area contributed by atoms with Crippen LogP contribution in [0.5, 0.6) is 0 Å². The Morgan fingerprint density at radius 2 is 1.61 bits per heavy atom. The normalized spacial score (nSPS) is 11.3. The summed E-state index contributed by atoms with van der Waals surface area (Å²) in [4.78, 5) is 22.2. The zero-order chi connectivity index (χ0) is 13.1. The van der Waals surface area contributed by atoms with Crippen molar-refractivity contribution in [1.29, 1.82) is 0 Å². The Bertz CT molecular complexity index is 239. The van der Waals surface area contributed by atoms with E-state index in [0.29, 0.717) is 12.8 Å². The van der Waals surface area contributed by atoms with Crippen LogP contribution in [0.15, 0.2) is 0 Å². The van der Waals surface area contributed by atoms with Crippen molar-refractivity contribution in [3.05, 3.63) is 0 Å². The molecule has 0 aliphatic rings. The summed E-state index contributed by atoms with van der Waals surface area (Å²) in [6.45, 7) is 1.52. The molecule has 0 aliphatic carbocycles. The maximum absolute atomic E-state index is 11.1. The third-order valence-corrected chi connectivity index (χ3v) is 1.89. The van der Waals surface area contributed by atoms with Crippen LogP contribution in [0.2, 0.25) is 0 Å². The Labute approximate surface area is 130 Å². The number of hydrogen-bond donors (Lipinski definition) is 2. The van der Waals surface area contributed by atoms with Crippen molar-refractivity contribution in [3.8, 4) is 0 Å². The monoisotopic (exact) mass is 272 g/mol. The van der Waals surface area contributed by atoms with Gasteiger partial charge in [-0.1, -0.05) is 0 Å². The average Bonchev–Trinajstić information content (AvgIpc) is 2.31. The zero-order valence-corrected chi connectivity index (χ0v) is 13.1. The van der Waals surface area contributed by atoms with E-state index in [0.717, 1.165) is 0 Å². The first-order chi connectivity index (χ1) is 8.10. The van der Waals surface area contributed by atoms with Crippen LogP contribution in [-0.4, -0.2) is 48.1 Å². The molecule has 0 aromatic heterocycles. The first kappa shape index (κ1) is 20.2. The van der Waals surface area contributed by atoms with Crippen LogP contribution >= 0.6 is 0 Å². The molecule has 0 fully saturated rings. The average molecular weight is 272 g/mol. The second-order valence-electron chi connectivity index (χ2n) is 3.64. The second-order valence-corrected chi connectivity index (χ2v) is 3.64. The fourth-order valence-electron chi connectivity index (χ4n) is 1.05. The summed E-state index contributed by atoms with van der Waals surface area (Å²) >= 11 is 0. The third-order valence-electron chi connectivity index (χ3n) is 1.89. The van der Waals surface area contributed by atoms with Gasteiger partial charge in [0.15, 0.2) is 0 Å². The van der Waals surface area contributed by atoms with E-state index in [1.807, 2.05) is 0 Å². The Hall–Kier alpha value is -0.140. The number of carbonyl (C=O) groups is 2. The van der Waals surface area contributed by atoms with Crippen LogP contribution in [0.1, 0.15) is 34.0 Å². The smallest absolute Gasteiger partial charge is 1.00 e. The van der Waals surface area contributed by atoms with Gasteiger partial charge in [0.2, 0.25) is 0 Å². The van der Waals surface area contributed by atoms with Crippen molar-refractivity contribution in [3.63, 3.8) is 0 Å². The second kappa shape index (κ2) is 13.3. The molecule has 0 amide bonds. The number of aliphatic hydroxyl groups is 2. The van der Waals surface area contributed by atoms with Crippen molar-refractivity contribution in [2.75, 3.05) is 19.8 Å². The Morgan fingerprint density at radius 3 is 2.11 bits per heavy atom. The molecule has 0 bridgehead atoms. The van der Waals surface area contributed by atoms with Crippen LogP contribution in [0.3, 0.4) is 0 Å². The van der Waals surface area contributed by atoms with E-state index >= 15 is 0 Å². The number of carbonyl (C=O) groups excluding carboxylic acids is 2. The molecule has 1 unspecified atom stereocenters. The fraction of sp³-hybridized carbons (Fsp3) is 0.818. The van der Waals surface area contributed by atoms with E-state index in [1.165, 1.54) is 0 Å². The van der Waals surface area contributed by atoms with E-state index in [1.54, 1.807) is 6.92 Å². The van der Waals surface area contributed by atoms with Gasteiger partial charge in [0.25, 0.3) is 0 Å². The summed E-state index contributed by atoms with van der Waals surface area (Å²) in [5, 5.41) is 17.0. The van der Waals surface area contributed by atoms with Gasteiger partial charge in [0, 0.05) is 26.1 Å². The molecule has 0 saturated heterocycles. The molecule has 0 rings (SSSR count). The van der Waals surface area contributed by atoms with Crippen molar-refractivity contribution in [2.45, 2.75) is 38.7 Å². The van der Waals surface area contributed by atoms with E-state index in [9.17, 15) is 9.59 Å². The van der Waals surface area contributed by atoms with Gasteiger partial charge in [-0.25, -0.2) is 0 Å². The molecular formula is C11H21NaO6. The molecule has 18 heavy (non-hydrogen) atoms. The van der Waals surface area contributed by atoms with Crippen molar-refractivity contribution >= 4 is 11.9 Å². The van der Waals surface area contributed by atoms with Crippen molar-refractivity contribution < 1.29 is 60.3 Å². The van der Waals surface area contributed by atoms with Gasteiger partial charge in [0.1, 0.15) is 12.7 Å². The molecule has 0 heterocycles. The van der Waals surface area contributed by atoms with Crippen LogP contribution in [-0.2, 0) is 19.1 Å². The van der Waals surface area contributed by atoms with E-state index < -0.39 is 18.0 Å². The summed E-state index contributed by atoms with van der Waals surface area (Å²) in [5.41, 5.74) is 0. The van der Waals surface area contributed by atoms with E-state index in [2.05, 4.69) is 0 Å². The summed E-state index contributed by atoms with van der Waals surface area (Å²) in [6, 6.07) is 0. The number of rotatable bonds is 9. The molecule has 102 valence electrons. The topological polar surface area (TPSA) is 93.1 Å². The summed E-state index contributed by atoms with van der Waals surface area (Å²) in [7, 11) is 0. The Morgan fingerprint density at radius 1 is 1.11 bits per heavy atom. The molecule has 0 radical (unpaired) electrons. The number of aliphatic hydroxyl groups excluding tert-OH is 2. The summed E-state index contributed by atoms with van der Waals surface area (Å²) in [5.74, 6) is -0.838. The zero-order valence-electron chi connectivity index (χ0n) is 12.1. The quantitative estimate of drug-likeness (QED) is 0.346. The molecule has 1 atom stereocenters. The van der Waals surface area contributed by atoms with E-state index in [4.69, 9.17) is 19.7 Å². The minimum atomic E-state index is -0.501. The first-order valence-corrected chi connectivity index (χ1v) is 5.67. The molecule has 0 aromatic carbocycles. The van der Waals surface area contributed by atoms with Crippen molar-refractivity contribution in [2.24, 2.45) is 0 Å². The first-order valence-electron chi connectivity index (χ1n) is 5.67. The SMILES string of the molecule is CC(COC(=O)CCCO)OC(=O)CCCO.[H-].[Na+]. The predicted octanol–water partition coefficient (Wildman–Crippen LogP) is -2.88. The van der Waals surface area contributed by atoms with Crippen molar-refractivity contribution in [1.82, 2.24) is 0 Å². The minimum absolute atomic E-state index is 0. The van der Waals surface area contributed by atoms with Crippen LogP contribution < -0.4 is 29.6 Å². The molecular weight excluding hydrogens is 251 g/mol. The molecule has 7 heteroatoms. The van der Waals surface area contributed by atoms with Gasteiger partial charge in [-0.3, -0.25) is 9.59 Å². The Kier molecular flexibility index (Phi) is 14.9. The maximum atomic E-state index is 11.1. The largest absolute Gasteiger partial charge is 1.00 e. The fourth-order valence-corrected chi connectivity index (χ4v) is 1.05. The van der Waals surface area contributed by atoms with Gasteiger partial charge >= 0.3 is 41.5 Å². The molecule has 0 aliphatic heterocycles. The van der Waals surface area contributed by atoms with Crippen LogP contribution in [0.4, 0.5) is 0 Å². The van der Waals surface area contributed by atoms with Gasteiger partial charge in [0.05, 0.1) is 0 Å². The van der Waals surface area contributed by atoms with Gasteiger partial charge in [-0.15, -0.1) is 0 Å². The van der Waals surface area contributed by atoms with E-state index in [-0.39, 0.29) is 63.6 Å². The van der Waals surface area contributed by atoms with Crippen LogP contribution in [0.25, 0.3) is 0 Å². The number of hydrogen-bond acceptors (Lipinski definition) is 6. The van der Waals surface area contributed by atoms with Gasteiger partial charge in [-0.05, 0) is 19.8 Å². The Balaban J connectivity index is -0.00000128. The predicted molar refractivity (Wildman–Crippen MR) is 60.3 cm³/mol. The third kappa shape index (κ3) is 12.3. The maximum Gasteiger partial charge on any atom is 1.00 e.